The summed E-state index contributed by atoms with van der Waals surface area (Å²) in [6.07, 6.45) is 3.40. The second-order valence-corrected chi connectivity index (χ2v) is 5.73. The van der Waals surface area contributed by atoms with E-state index in [9.17, 15) is 9.90 Å². The van der Waals surface area contributed by atoms with Crippen LogP contribution in [0.5, 0.6) is 0 Å². The Morgan fingerprint density at radius 2 is 2.05 bits per heavy atom. The van der Waals surface area contributed by atoms with Gasteiger partial charge >= 0.3 is 5.97 Å². The Balaban J connectivity index is 2.23. The fourth-order valence-electron chi connectivity index (χ4n) is 2.51. The highest BCUT2D eigenvalue weighted by molar-refractivity contribution is 5.88. The zero-order chi connectivity index (χ0) is 14.7. The van der Waals surface area contributed by atoms with Crippen LogP contribution in [0, 0.1) is 0 Å². The van der Waals surface area contributed by atoms with Crippen molar-refractivity contribution in [3.63, 3.8) is 0 Å². The molecule has 20 heavy (non-hydrogen) atoms. The molecule has 0 radical (unpaired) electrons. The second-order valence-electron chi connectivity index (χ2n) is 5.73. The molecular formula is C15H22N2O3. The first-order valence-corrected chi connectivity index (χ1v) is 7.17. The summed E-state index contributed by atoms with van der Waals surface area (Å²) in [5, 5.41) is 22.3. The molecule has 1 fully saturated rings. The Labute approximate surface area is 119 Å². The number of hydrogen-bond donors (Lipinski definition) is 3. The molecule has 2 atom stereocenters. The molecule has 5 nitrogen and oxygen atoms in total. The van der Waals surface area contributed by atoms with Gasteiger partial charge in [-0.3, -0.25) is 0 Å². The van der Waals surface area contributed by atoms with Gasteiger partial charge in [0.15, 0.2) is 0 Å². The summed E-state index contributed by atoms with van der Waals surface area (Å²) in [5.41, 5.74) is 0.981. The van der Waals surface area contributed by atoms with Crippen LogP contribution in [0.4, 0.5) is 5.82 Å². The number of rotatable bonds is 4. The van der Waals surface area contributed by atoms with E-state index in [1.165, 1.54) is 6.07 Å². The summed E-state index contributed by atoms with van der Waals surface area (Å²) in [6.45, 7) is 3.96. The standard InChI is InChI=1S/C15H22N2O3/c1-9(2)12-7-10(15(19)20)8-14(17-12)16-11-5-3-4-6-13(11)18/h7-9,11,13,18H,3-6H2,1-2H3,(H,16,17)(H,19,20). The lowest BCUT2D eigenvalue weighted by molar-refractivity contribution is 0.0696. The lowest BCUT2D eigenvalue weighted by Gasteiger charge is -2.29. The van der Waals surface area contributed by atoms with Crippen LogP contribution in [0.1, 0.15) is 61.5 Å². The smallest absolute Gasteiger partial charge is 0.335 e. The third-order valence-corrected chi connectivity index (χ3v) is 3.75. The van der Waals surface area contributed by atoms with E-state index in [2.05, 4.69) is 10.3 Å². The maximum atomic E-state index is 11.2. The number of aliphatic hydroxyl groups excluding tert-OH is 1. The highest BCUT2D eigenvalue weighted by atomic mass is 16.4. The number of carboxylic acids is 1. The summed E-state index contributed by atoms with van der Waals surface area (Å²) in [7, 11) is 0. The molecule has 5 heteroatoms. The van der Waals surface area contributed by atoms with Crippen molar-refractivity contribution >= 4 is 11.8 Å². The van der Waals surface area contributed by atoms with Crippen LogP contribution in [0.2, 0.25) is 0 Å². The zero-order valence-electron chi connectivity index (χ0n) is 12.0. The van der Waals surface area contributed by atoms with Crippen LogP contribution in [0.15, 0.2) is 12.1 Å². The number of anilines is 1. The van der Waals surface area contributed by atoms with Gasteiger partial charge in [-0.15, -0.1) is 0 Å². The molecule has 3 N–H and O–H groups in total. The van der Waals surface area contributed by atoms with Crippen LogP contribution < -0.4 is 5.32 Å². The van der Waals surface area contributed by atoms with Crippen molar-refractivity contribution in [2.24, 2.45) is 0 Å². The van der Waals surface area contributed by atoms with Crippen LogP contribution >= 0.6 is 0 Å². The quantitative estimate of drug-likeness (QED) is 0.788. The Morgan fingerprint density at radius 3 is 2.65 bits per heavy atom. The van der Waals surface area contributed by atoms with Gasteiger partial charge in [0.05, 0.1) is 17.7 Å². The topological polar surface area (TPSA) is 82.5 Å². The van der Waals surface area contributed by atoms with E-state index >= 15 is 0 Å². The number of nitrogens with zero attached hydrogens (tertiary/aromatic N) is 1. The Kier molecular flexibility index (Phi) is 4.60. The molecule has 1 saturated carbocycles. The molecule has 0 saturated heterocycles. The highest BCUT2D eigenvalue weighted by Gasteiger charge is 2.23. The number of pyridine rings is 1. The van der Waals surface area contributed by atoms with Gasteiger partial charge in [-0.05, 0) is 30.9 Å². The predicted molar refractivity (Wildman–Crippen MR) is 77.2 cm³/mol. The van der Waals surface area contributed by atoms with Gasteiger partial charge in [-0.1, -0.05) is 26.7 Å². The highest BCUT2D eigenvalue weighted by Crippen LogP contribution is 2.23. The van der Waals surface area contributed by atoms with E-state index in [-0.39, 0.29) is 23.6 Å². The molecule has 1 heterocycles. The summed E-state index contributed by atoms with van der Waals surface area (Å²) >= 11 is 0. The molecule has 110 valence electrons. The average Bonchev–Trinajstić information content (AvgIpc) is 2.41. The lowest BCUT2D eigenvalue weighted by atomic mass is 9.92. The van der Waals surface area contributed by atoms with Gasteiger partial charge in [0.25, 0.3) is 0 Å². The van der Waals surface area contributed by atoms with E-state index in [0.29, 0.717) is 5.82 Å². The zero-order valence-corrected chi connectivity index (χ0v) is 12.0. The number of aromatic carboxylic acids is 1. The minimum Gasteiger partial charge on any atom is -0.478 e. The number of carbonyl (C=O) groups is 1. The number of hydrogen-bond acceptors (Lipinski definition) is 4. The van der Waals surface area contributed by atoms with Crippen LogP contribution in [0.25, 0.3) is 0 Å². The van der Waals surface area contributed by atoms with E-state index < -0.39 is 5.97 Å². The third-order valence-electron chi connectivity index (χ3n) is 3.75. The molecule has 0 amide bonds. The number of aromatic nitrogens is 1. The SMILES string of the molecule is CC(C)c1cc(C(=O)O)cc(NC2CCCCC2O)n1. The van der Waals surface area contributed by atoms with Gasteiger partial charge in [0.2, 0.25) is 0 Å². The first-order chi connectivity index (χ1) is 9.47. The number of nitrogens with one attached hydrogen (secondary N) is 1. The Hall–Kier alpha value is -1.62. The summed E-state index contributed by atoms with van der Waals surface area (Å²) in [4.78, 5) is 15.6. The van der Waals surface area contributed by atoms with Crippen molar-refractivity contribution in [3.8, 4) is 0 Å². The van der Waals surface area contributed by atoms with Crippen LogP contribution in [-0.4, -0.2) is 33.3 Å². The molecule has 1 aromatic rings. The minimum atomic E-state index is -0.957. The lowest BCUT2D eigenvalue weighted by Crippen LogP contribution is -2.36. The van der Waals surface area contributed by atoms with Crippen molar-refractivity contribution in [2.75, 3.05) is 5.32 Å². The summed E-state index contributed by atoms with van der Waals surface area (Å²) in [5.74, 6) is -0.257. The molecule has 0 aliphatic heterocycles. The van der Waals surface area contributed by atoms with E-state index in [1.807, 2.05) is 13.8 Å². The maximum absolute atomic E-state index is 11.2. The monoisotopic (exact) mass is 278 g/mol. The largest absolute Gasteiger partial charge is 0.478 e. The molecule has 0 bridgehead atoms. The van der Waals surface area contributed by atoms with Crippen molar-refractivity contribution in [1.29, 1.82) is 0 Å². The normalized spacial score (nSPS) is 22.8. The molecule has 2 rings (SSSR count). The number of carboxylic acid groups (broad SMARTS) is 1. The van der Waals surface area contributed by atoms with Crippen molar-refractivity contribution in [1.82, 2.24) is 4.98 Å². The average molecular weight is 278 g/mol. The molecule has 0 aromatic carbocycles. The fraction of sp³-hybridized carbons (Fsp3) is 0.600. The summed E-state index contributed by atoms with van der Waals surface area (Å²) < 4.78 is 0. The Bertz CT molecular complexity index is 488. The molecule has 1 aliphatic carbocycles. The van der Waals surface area contributed by atoms with E-state index in [4.69, 9.17) is 5.11 Å². The summed E-state index contributed by atoms with van der Waals surface area (Å²) in [6, 6.07) is 3.10. The predicted octanol–water partition coefficient (Wildman–Crippen LogP) is 2.62. The molecule has 1 aromatic heterocycles. The van der Waals surface area contributed by atoms with Crippen molar-refractivity contribution in [2.45, 2.75) is 57.6 Å². The van der Waals surface area contributed by atoms with Crippen LogP contribution in [-0.2, 0) is 0 Å². The van der Waals surface area contributed by atoms with Crippen molar-refractivity contribution in [3.05, 3.63) is 23.4 Å². The Morgan fingerprint density at radius 1 is 1.35 bits per heavy atom. The van der Waals surface area contributed by atoms with Gasteiger partial charge in [0.1, 0.15) is 5.82 Å². The van der Waals surface area contributed by atoms with Gasteiger partial charge in [0, 0.05) is 5.69 Å². The first-order valence-electron chi connectivity index (χ1n) is 7.17. The molecule has 0 spiro atoms. The van der Waals surface area contributed by atoms with E-state index in [0.717, 1.165) is 31.4 Å². The van der Waals surface area contributed by atoms with Crippen LogP contribution in [0.3, 0.4) is 0 Å². The molecule has 1 aliphatic rings. The first kappa shape index (κ1) is 14.8. The van der Waals surface area contributed by atoms with Gasteiger partial charge in [-0.25, -0.2) is 9.78 Å². The third kappa shape index (κ3) is 3.48. The maximum Gasteiger partial charge on any atom is 0.335 e. The molecule has 2 unspecified atom stereocenters. The molecular weight excluding hydrogens is 256 g/mol. The van der Waals surface area contributed by atoms with E-state index in [1.54, 1.807) is 6.07 Å². The van der Waals surface area contributed by atoms with Crippen molar-refractivity contribution < 1.29 is 15.0 Å². The van der Waals surface area contributed by atoms with Gasteiger partial charge < -0.3 is 15.5 Å². The number of aliphatic hydroxyl groups is 1. The van der Waals surface area contributed by atoms with Gasteiger partial charge in [-0.2, -0.15) is 0 Å². The second kappa shape index (κ2) is 6.22. The fourth-order valence-corrected chi connectivity index (χ4v) is 2.51. The minimum absolute atomic E-state index is 0.0414.